The number of likely N-dealkylation sites (tertiary alicyclic amines) is 1. The molecule has 3 heterocycles. The van der Waals surface area contributed by atoms with Crippen LogP contribution in [0.5, 0.6) is 0 Å². The van der Waals surface area contributed by atoms with E-state index in [9.17, 15) is 4.79 Å². The summed E-state index contributed by atoms with van der Waals surface area (Å²) in [6, 6.07) is 3.84. The van der Waals surface area contributed by atoms with E-state index in [4.69, 9.17) is 9.47 Å². The minimum absolute atomic E-state index is 0.00417. The number of pyridine rings is 1. The first-order chi connectivity index (χ1) is 10.8. The summed E-state index contributed by atoms with van der Waals surface area (Å²) in [6.07, 6.45) is 4.49. The summed E-state index contributed by atoms with van der Waals surface area (Å²) in [6.45, 7) is 3.85. The summed E-state index contributed by atoms with van der Waals surface area (Å²) in [4.78, 5) is 18.8. The maximum Gasteiger partial charge on any atom is 0.226 e. The lowest BCUT2D eigenvalue weighted by Crippen LogP contribution is -2.46. The number of carbonyl (C=O) groups is 1. The molecular formula is C16H23N3O3. The Bertz CT molecular complexity index is 497. The molecule has 2 aliphatic heterocycles. The van der Waals surface area contributed by atoms with Crippen LogP contribution in [0.4, 0.5) is 0 Å². The maximum absolute atomic E-state index is 12.4. The van der Waals surface area contributed by atoms with Gasteiger partial charge in [-0.3, -0.25) is 14.7 Å². The lowest BCUT2D eigenvalue weighted by Gasteiger charge is -2.32. The van der Waals surface area contributed by atoms with Crippen LogP contribution in [0, 0.1) is 5.92 Å². The molecular weight excluding hydrogens is 282 g/mol. The Morgan fingerprint density at radius 2 is 2.45 bits per heavy atom. The van der Waals surface area contributed by atoms with Crippen LogP contribution >= 0.6 is 0 Å². The van der Waals surface area contributed by atoms with E-state index in [2.05, 4.69) is 15.2 Å². The monoisotopic (exact) mass is 305 g/mol. The molecule has 2 saturated heterocycles. The molecule has 0 aromatic carbocycles. The van der Waals surface area contributed by atoms with Gasteiger partial charge in [-0.1, -0.05) is 6.07 Å². The first kappa shape index (κ1) is 15.4. The maximum atomic E-state index is 12.4. The predicted octanol–water partition coefficient (Wildman–Crippen LogP) is 0.434. The summed E-state index contributed by atoms with van der Waals surface area (Å²) < 4.78 is 11.1. The van der Waals surface area contributed by atoms with Crippen LogP contribution in [0.2, 0.25) is 0 Å². The molecule has 6 nitrogen and oxygen atoms in total. The lowest BCUT2D eigenvalue weighted by atomic mass is 9.99. The third-order valence-corrected chi connectivity index (χ3v) is 4.37. The molecule has 1 amide bonds. The van der Waals surface area contributed by atoms with Gasteiger partial charge in [-0.05, 0) is 18.1 Å². The van der Waals surface area contributed by atoms with Crippen molar-refractivity contribution >= 4 is 5.91 Å². The van der Waals surface area contributed by atoms with Crippen LogP contribution < -0.4 is 5.32 Å². The quantitative estimate of drug-likeness (QED) is 0.826. The Labute approximate surface area is 130 Å². The number of carbonyl (C=O) groups excluding carboxylic acids is 1. The van der Waals surface area contributed by atoms with Gasteiger partial charge in [-0.2, -0.15) is 0 Å². The number of nitrogens with one attached hydrogen (secondary N) is 1. The molecule has 1 aromatic rings. The van der Waals surface area contributed by atoms with E-state index in [1.54, 1.807) is 19.5 Å². The number of aromatic nitrogens is 1. The van der Waals surface area contributed by atoms with E-state index >= 15 is 0 Å². The summed E-state index contributed by atoms with van der Waals surface area (Å²) >= 11 is 0. The van der Waals surface area contributed by atoms with Crippen LogP contribution in [0.3, 0.4) is 0 Å². The molecule has 0 aliphatic carbocycles. The Morgan fingerprint density at radius 3 is 3.23 bits per heavy atom. The van der Waals surface area contributed by atoms with Crippen molar-refractivity contribution in [3.05, 3.63) is 30.1 Å². The number of ether oxygens (including phenoxy) is 2. The predicted molar refractivity (Wildman–Crippen MR) is 81.2 cm³/mol. The first-order valence-corrected chi connectivity index (χ1v) is 7.79. The molecule has 6 heteroatoms. The average molecular weight is 305 g/mol. The van der Waals surface area contributed by atoms with Gasteiger partial charge in [0.15, 0.2) is 0 Å². The molecule has 1 N–H and O–H groups in total. The molecule has 2 fully saturated rings. The van der Waals surface area contributed by atoms with Gasteiger partial charge in [0.1, 0.15) is 0 Å². The number of hydrogen-bond acceptors (Lipinski definition) is 5. The highest BCUT2D eigenvalue weighted by molar-refractivity contribution is 5.79. The van der Waals surface area contributed by atoms with Crippen molar-refractivity contribution in [3.63, 3.8) is 0 Å². The SMILES string of the molecule is COCCN1C[C@H]2C[C@H](C(=O)NCc3cccnc3)[C@@H](C1)O2. The Kier molecular flexibility index (Phi) is 5.02. The Hall–Kier alpha value is -1.50. The topological polar surface area (TPSA) is 63.7 Å². The molecule has 22 heavy (non-hydrogen) atoms. The standard InChI is InChI=1S/C16H23N3O3/c1-21-6-5-19-10-13-7-14(15(11-19)22-13)16(20)18-9-12-3-2-4-17-8-12/h2-4,8,13-15H,5-7,9-11H2,1H3,(H,18,20)/t13-,14+,15-/m1/s1. The number of morpholine rings is 1. The average Bonchev–Trinajstić information content (AvgIpc) is 2.86. The molecule has 0 radical (unpaired) electrons. The van der Waals surface area contributed by atoms with Gasteiger partial charge in [0.25, 0.3) is 0 Å². The van der Waals surface area contributed by atoms with E-state index in [0.29, 0.717) is 6.54 Å². The molecule has 2 aliphatic rings. The molecule has 120 valence electrons. The van der Waals surface area contributed by atoms with Gasteiger partial charge < -0.3 is 14.8 Å². The fraction of sp³-hybridized carbons (Fsp3) is 0.625. The number of fused-ring (bicyclic) bond motifs is 2. The smallest absolute Gasteiger partial charge is 0.226 e. The third-order valence-electron chi connectivity index (χ3n) is 4.37. The van der Waals surface area contributed by atoms with Crippen molar-refractivity contribution < 1.29 is 14.3 Å². The normalized spacial score (nSPS) is 27.8. The number of hydrogen-bond donors (Lipinski definition) is 1. The summed E-state index contributed by atoms with van der Waals surface area (Å²) in [5.41, 5.74) is 1.01. The van der Waals surface area contributed by atoms with E-state index in [-0.39, 0.29) is 24.0 Å². The van der Waals surface area contributed by atoms with Crippen molar-refractivity contribution in [1.82, 2.24) is 15.2 Å². The number of nitrogens with zero attached hydrogens (tertiary/aromatic N) is 2. The van der Waals surface area contributed by atoms with Gasteiger partial charge in [-0.25, -0.2) is 0 Å². The highest BCUT2D eigenvalue weighted by Crippen LogP contribution is 2.32. The molecule has 1 aromatic heterocycles. The fourth-order valence-electron chi connectivity index (χ4n) is 3.24. The van der Waals surface area contributed by atoms with Crippen molar-refractivity contribution in [1.29, 1.82) is 0 Å². The summed E-state index contributed by atoms with van der Waals surface area (Å²) in [5.74, 6) is 0.0409. The second kappa shape index (κ2) is 7.17. The van der Waals surface area contributed by atoms with Gasteiger partial charge >= 0.3 is 0 Å². The zero-order valence-electron chi connectivity index (χ0n) is 12.9. The molecule has 2 bridgehead atoms. The summed E-state index contributed by atoms with van der Waals surface area (Å²) in [5, 5.41) is 3.01. The highest BCUT2D eigenvalue weighted by Gasteiger charge is 2.44. The van der Waals surface area contributed by atoms with Crippen molar-refractivity contribution in [3.8, 4) is 0 Å². The van der Waals surface area contributed by atoms with Gasteiger partial charge in [0.05, 0.1) is 24.7 Å². The molecule has 0 saturated carbocycles. The minimum Gasteiger partial charge on any atom is -0.383 e. The van der Waals surface area contributed by atoms with Crippen LogP contribution in [-0.4, -0.2) is 61.3 Å². The summed E-state index contributed by atoms with van der Waals surface area (Å²) in [7, 11) is 1.71. The highest BCUT2D eigenvalue weighted by atomic mass is 16.5. The molecule has 0 unspecified atom stereocenters. The largest absolute Gasteiger partial charge is 0.383 e. The second-order valence-corrected chi connectivity index (χ2v) is 5.97. The first-order valence-electron chi connectivity index (χ1n) is 7.79. The number of rotatable bonds is 6. The van der Waals surface area contributed by atoms with Gasteiger partial charge in [-0.15, -0.1) is 0 Å². The minimum atomic E-state index is -0.0470. The van der Waals surface area contributed by atoms with Crippen molar-refractivity contribution in [2.75, 3.05) is 33.4 Å². The second-order valence-electron chi connectivity index (χ2n) is 5.97. The van der Waals surface area contributed by atoms with E-state index < -0.39 is 0 Å². The van der Waals surface area contributed by atoms with Gasteiger partial charge in [0.2, 0.25) is 5.91 Å². The molecule has 3 rings (SSSR count). The number of amides is 1. The van der Waals surface area contributed by atoms with Crippen molar-refractivity contribution in [2.45, 2.75) is 25.2 Å². The molecule has 0 spiro atoms. The van der Waals surface area contributed by atoms with E-state index in [1.807, 2.05) is 12.1 Å². The Morgan fingerprint density at radius 1 is 1.55 bits per heavy atom. The van der Waals surface area contributed by atoms with Gasteiger partial charge in [0, 0.05) is 45.7 Å². The van der Waals surface area contributed by atoms with Crippen molar-refractivity contribution in [2.24, 2.45) is 5.92 Å². The van der Waals surface area contributed by atoms with Crippen LogP contribution in [0.15, 0.2) is 24.5 Å². The molecule has 3 atom stereocenters. The Balaban J connectivity index is 1.51. The third kappa shape index (κ3) is 3.63. The lowest BCUT2D eigenvalue weighted by molar-refractivity contribution is -0.128. The zero-order chi connectivity index (χ0) is 15.4. The van der Waals surface area contributed by atoms with Crippen LogP contribution in [-0.2, 0) is 20.8 Å². The van der Waals surface area contributed by atoms with E-state index in [1.165, 1.54) is 0 Å². The van der Waals surface area contributed by atoms with Crippen LogP contribution in [0.25, 0.3) is 0 Å². The fourth-order valence-corrected chi connectivity index (χ4v) is 3.24. The zero-order valence-corrected chi connectivity index (χ0v) is 12.9. The number of methoxy groups -OCH3 is 1. The van der Waals surface area contributed by atoms with E-state index in [0.717, 1.165) is 38.2 Å². The van der Waals surface area contributed by atoms with Crippen LogP contribution in [0.1, 0.15) is 12.0 Å².